The van der Waals surface area contributed by atoms with Gasteiger partial charge >= 0.3 is 0 Å². The third-order valence-electron chi connectivity index (χ3n) is 6.90. The average Bonchev–Trinajstić information content (AvgIpc) is 3.47. The number of hydrogen-bond donors (Lipinski definition) is 0. The first-order valence-electron chi connectivity index (χ1n) is 9.45. The Labute approximate surface area is 152 Å². The minimum atomic E-state index is -0.130. The average molecular weight is 341 g/mol. The Bertz CT molecular complexity index is 910. The summed E-state index contributed by atoms with van der Waals surface area (Å²) in [6.45, 7) is 0. The zero-order chi connectivity index (χ0) is 17.4. The van der Waals surface area contributed by atoms with Crippen LogP contribution in [0.4, 0.5) is 5.69 Å². The molecular weight excluding hydrogens is 322 g/mol. The van der Waals surface area contributed by atoms with E-state index in [2.05, 4.69) is 24.3 Å². The molecule has 0 N–H and O–H groups in total. The molecule has 128 valence electrons. The number of amides is 2. The van der Waals surface area contributed by atoms with E-state index in [1.54, 1.807) is 0 Å². The maximum atomic E-state index is 13.1. The Kier molecular flexibility index (Phi) is 2.75. The zero-order valence-electron chi connectivity index (χ0n) is 14.3. The van der Waals surface area contributed by atoms with E-state index < -0.39 is 0 Å². The van der Waals surface area contributed by atoms with Gasteiger partial charge in [0.05, 0.1) is 17.5 Å². The van der Waals surface area contributed by atoms with E-state index in [-0.39, 0.29) is 35.5 Å². The largest absolute Gasteiger partial charge is 0.274 e. The maximum absolute atomic E-state index is 13.1. The van der Waals surface area contributed by atoms with E-state index in [4.69, 9.17) is 0 Å². The van der Waals surface area contributed by atoms with Crippen molar-refractivity contribution < 1.29 is 9.59 Å². The van der Waals surface area contributed by atoms with Gasteiger partial charge in [0.2, 0.25) is 11.8 Å². The fourth-order valence-electron chi connectivity index (χ4n) is 5.65. The van der Waals surface area contributed by atoms with Crippen LogP contribution in [0.2, 0.25) is 0 Å². The first-order valence-corrected chi connectivity index (χ1v) is 9.45. The highest BCUT2D eigenvalue weighted by atomic mass is 16.2. The minimum absolute atomic E-state index is 0.0113. The number of allylic oxidation sites excluding steroid dienone is 2. The molecule has 3 nitrogen and oxygen atoms in total. The first-order chi connectivity index (χ1) is 12.7. The molecule has 7 rings (SSSR count). The van der Waals surface area contributed by atoms with Gasteiger partial charge in [0.15, 0.2) is 0 Å². The molecule has 2 amide bonds. The molecule has 1 aliphatic heterocycles. The van der Waals surface area contributed by atoms with Crippen LogP contribution < -0.4 is 4.90 Å². The number of hydrogen-bond acceptors (Lipinski definition) is 2. The van der Waals surface area contributed by atoms with Crippen molar-refractivity contribution in [2.24, 2.45) is 35.5 Å². The predicted octanol–water partition coefficient (Wildman–Crippen LogP) is 3.91. The number of carbonyl (C=O) groups is 2. The smallest absolute Gasteiger partial charge is 0.238 e. The zero-order valence-corrected chi connectivity index (χ0v) is 14.3. The molecule has 0 aromatic heterocycles. The topological polar surface area (TPSA) is 37.4 Å². The van der Waals surface area contributed by atoms with E-state index >= 15 is 0 Å². The molecule has 2 aromatic carbocycles. The molecule has 2 saturated carbocycles. The Morgan fingerprint density at radius 2 is 1.23 bits per heavy atom. The molecular formula is C23H19NO2. The molecule has 6 unspecified atom stereocenters. The van der Waals surface area contributed by atoms with Gasteiger partial charge in [-0.05, 0) is 53.4 Å². The summed E-state index contributed by atoms with van der Waals surface area (Å²) < 4.78 is 0. The van der Waals surface area contributed by atoms with Crippen molar-refractivity contribution in [3.05, 3.63) is 66.7 Å². The maximum Gasteiger partial charge on any atom is 0.238 e. The second kappa shape index (κ2) is 4.94. The van der Waals surface area contributed by atoms with Crippen LogP contribution in [0, 0.1) is 35.5 Å². The SMILES string of the molecule is O=C1C2C3C=CC(C4CC34)C2C(=O)N1c1ccc(-c2ccccc2)cc1. The van der Waals surface area contributed by atoms with E-state index in [9.17, 15) is 9.59 Å². The molecule has 2 bridgehead atoms. The van der Waals surface area contributed by atoms with Crippen LogP contribution in [-0.2, 0) is 9.59 Å². The highest BCUT2D eigenvalue weighted by Crippen LogP contribution is 2.65. The number of carbonyl (C=O) groups excluding carboxylic acids is 2. The Morgan fingerprint density at radius 1 is 0.692 bits per heavy atom. The molecule has 5 aliphatic rings. The van der Waals surface area contributed by atoms with Crippen molar-refractivity contribution in [2.45, 2.75) is 6.42 Å². The molecule has 3 fully saturated rings. The minimum Gasteiger partial charge on any atom is -0.274 e. The lowest BCUT2D eigenvalue weighted by Gasteiger charge is -2.37. The lowest BCUT2D eigenvalue weighted by molar-refractivity contribution is -0.124. The molecule has 1 heterocycles. The summed E-state index contributed by atoms with van der Waals surface area (Å²) >= 11 is 0. The molecule has 1 saturated heterocycles. The van der Waals surface area contributed by atoms with Crippen LogP contribution in [0.25, 0.3) is 11.1 Å². The van der Waals surface area contributed by atoms with Gasteiger partial charge in [-0.3, -0.25) is 14.5 Å². The normalized spacial score (nSPS) is 36.2. The van der Waals surface area contributed by atoms with Gasteiger partial charge in [0.25, 0.3) is 0 Å². The first kappa shape index (κ1) is 14.5. The number of anilines is 1. The third-order valence-corrected chi connectivity index (χ3v) is 6.90. The van der Waals surface area contributed by atoms with Gasteiger partial charge in [-0.1, -0.05) is 54.6 Å². The van der Waals surface area contributed by atoms with Gasteiger partial charge in [0, 0.05) is 0 Å². The van der Waals surface area contributed by atoms with Gasteiger partial charge in [-0.25, -0.2) is 0 Å². The number of benzene rings is 2. The number of imide groups is 1. The Morgan fingerprint density at radius 3 is 1.81 bits per heavy atom. The summed E-state index contributed by atoms with van der Waals surface area (Å²) in [5, 5.41) is 0. The Balaban J connectivity index is 1.35. The molecule has 2 aromatic rings. The fraction of sp³-hybridized carbons (Fsp3) is 0.304. The van der Waals surface area contributed by atoms with Crippen molar-refractivity contribution in [1.82, 2.24) is 0 Å². The molecule has 4 aliphatic carbocycles. The van der Waals surface area contributed by atoms with Gasteiger partial charge in [-0.15, -0.1) is 0 Å². The standard InChI is InChI=1S/C23H19NO2/c25-22-20-16-10-11-17(19-12-18(16)19)21(20)23(26)24(22)15-8-6-14(7-9-15)13-4-2-1-3-5-13/h1-11,16-21H,12H2. The van der Waals surface area contributed by atoms with Crippen LogP contribution in [0.3, 0.4) is 0 Å². The molecule has 3 heteroatoms. The summed E-state index contributed by atoms with van der Waals surface area (Å²) in [5.41, 5.74) is 2.94. The number of rotatable bonds is 2. The summed E-state index contributed by atoms with van der Waals surface area (Å²) in [5.74, 6) is 1.60. The monoisotopic (exact) mass is 341 g/mol. The van der Waals surface area contributed by atoms with Crippen LogP contribution >= 0.6 is 0 Å². The lowest BCUT2D eigenvalue weighted by atomic mass is 9.63. The van der Waals surface area contributed by atoms with Gasteiger partial charge in [-0.2, -0.15) is 0 Å². The van der Waals surface area contributed by atoms with Gasteiger partial charge < -0.3 is 0 Å². The number of nitrogens with zero attached hydrogens (tertiary/aromatic N) is 1. The molecule has 26 heavy (non-hydrogen) atoms. The van der Waals surface area contributed by atoms with E-state index in [1.807, 2.05) is 42.5 Å². The van der Waals surface area contributed by atoms with Crippen molar-refractivity contribution >= 4 is 17.5 Å². The van der Waals surface area contributed by atoms with Crippen molar-refractivity contribution in [3.8, 4) is 11.1 Å². The summed E-state index contributed by atoms with van der Waals surface area (Å²) in [6.07, 6.45) is 5.63. The quantitative estimate of drug-likeness (QED) is 0.613. The van der Waals surface area contributed by atoms with Crippen molar-refractivity contribution in [2.75, 3.05) is 4.90 Å². The van der Waals surface area contributed by atoms with E-state index in [1.165, 1.54) is 11.3 Å². The molecule has 6 atom stereocenters. The van der Waals surface area contributed by atoms with Crippen LogP contribution in [0.1, 0.15) is 6.42 Å². The van der Waals surface area contributed by atoms with Crippen molar-refractivity contribution in [3.63, 3.8) is 0 Å². The summed E-state index contributed by atoms with van der Waals surface area (Å²) in [7, 11) is 0. The second-order valence-electron chi connectivity index (χ2n) is 8.08. The Hall–Kier alpha value is -2.68. The summed E-state index contributed by atoms with van der Waals surface area (Å²) in [4.78, 5) is 27.7. The van der Waals surface area contributed by atoms with Crippen LogP contribution in [0.15, 0.2) is 66.7 Å². The van der Waals surface area contributed by atoms with Crippen molar-refractivity contribution in [1.29, 1.82) is 0 Å². The van der Waals surface area contributed by atoms with E-state index in [0.29, 0.717) is 17.5 Å². The van der Waals surface area contributed by atoms with Gasteiger partial charge in [0.1, 0.15) is 0 Å². The third kappa shape index (κ3) is 1.78. The highest BCUT2D eigenvalue weighted by molar-refractivity contribution is 6.22. The predicted molar refractivity (Wildman–Crippen MR) is 99.1 cm³/mol. The highest BCUT2D eigenvalue weighted by Gasteiger charge is 2.67. The molecule has 0 radical (unpaired) electrons. The van der Waals surface area contributed by atoms with Crippen LogP contribution in [0.5, 0.6) is 0 Å². The summed E-state index contributed by atoms with van der Waals surface area (Å²) in [6, 6.07) is 17.9. The lowest BCUT2D eigenvalue weighted by Crippen LogP contribution is -2.40. The van der Waals surface area contributed by atoms with Crippen LogP contribution in [-0.4, -0.2) is 11.8 Å². The molecule has 0 spiro atoms. The fourth-order valence-corrected chi connectivity index (χ4v) is 5.65. The van der Waals surface area contributed by atoms with E-state index in [0.717, 1.165) is 11.1 Å². The second-order valence-corrected chi connectivity index (χ2v) is 8.08.